The molecule has 1 unspecified atom stereocenters. The Morgan fingerprint density at radius 2 is 1.83 bits per heavy atom. The third-order valence-electron chi connectivity index (χ3n) is 3.30. The fourth-order valence-electron chi connectivity index (χ4n) is 2.26. The molecule has 0 saturated carbocycles. The lowest BCUT2D eigenvalue weighted by Crippen LogP contribution is -2.20. The molecule has 0 amide bonds. The van der Waals surface area contributed by atoms with Crippen molar-refractivity contribution in [3.63, 3.8) is 0 Å². The number of unbranched alkanes of at least 4 members (excludes halogenated alkanes) is 5. The average molecular weight is 269 g/mol. The normalized spacial score (nSPS) is 12.8. The van der Waals surface area contributed by atoms with E-state index in [0.29, 0.717) is 6.04 Å². The van der Waals surface area contributed by atoms with Gasteiger partial charge in [-0.3, -0.25) is 0 Å². The van der Waals surface area contributed by atoms with Crippen LogP contribution in [0.1, 0.15) is 75.4 Å². The molecule has 4 heteroatoms. The van der Waals surface area contributed by atoms with E-state index in [9.17, 15) is 0 Å². The molecule has 0 radical (unpaired) electrons. The standard InChI is InChI=1S/C14H27N3S/c1-4-6-7-8-9-10-11-13(15-5-2)14-12(3)16-17-18-14/h13,15H,4-11H2,1-3H3. The summed E-state index contributed by atoms with van der Waals surface area (Å²) >= 11 is 1.55. The minimum absolute atomic E-state index is 0.459. The quantitative estimate of drug-likeness (QED) is 0.645. The fourth-order valence-corrected chi connectivity index (χ4v) is 3.01. The van der Waals surface area contributed by atoms with Crippen LogP contribution in [0.15, 0.2) is 0 Å². The van der Waals surface area contributed by atoms with E-state index in [1.807, 2.05) is 0 Å². The summed E-state index contributed by atoms with van der Waals surface area (Å²) < 4.78 is 4.05. The van der Waals surface area contributed by atoms with Gasteiger partial charge in [-0.25, -0.2) is 0 Å². The van der Waals surface area contributed by atoms with Gasteiger partial charge in [-0.2, -0.15) is 0 Å². The predicted octanol–water partition coefficient (Wildman–Crippen LogP) is 4.25. The summed E-state index contributed by atoms with van der Waals surface area (Å²) in [5.74, 6) is 0. The summed E-state index contributed by atoms with van der Waals surface area (Å²) in [6.45, 7) is 7.50. The van der Waals surface area contributed by atoms with Gasteiger partial charge in [0.2, 0.25) is 0 Å². The van der Waals surface area contributed by atoms with Crippen LogP contribution in [-0.4, -0.2) is 16.1 Å². The van der Waals surface area contributed by atoms with E-state index in [1.165, 1.54) is 49.8 Å². The molecule has 1 rings (SSSR count). The average Bonchev–Trinajstić information content (AvgIpc) is 2.78. The Bertz CT molecular complexity index is 312. The molecule has 0 aliphatic carbocycles. The van der Waals surface area contributed by atoms with Gasteiger partial charge in [0.05, 0.1) is 10.6 Å². The largest absolute Gasteiger partial charge is 0.309 e. The number of aromatic nitrogens is 2. The summed E-state index contributed by atoms with van der Waals surface area (Å²) in [4.78, 5) is 1.32. The van der Waals surface area contributed by atoms with Crippen molar-refractivity contribution in [2.75, 3.05) is 6.54 Å². The molecule has 0 aliphatic rings. The highest BCUT2D eigenvalue weighted by molar-refractivity contribution is 7.05. The fraction of sp³-hybridized carbons (Fsp3) is 0.857. The topological polar surface area (TPSA) is 37.8 Å². The lowest BCUT2D eigenvalue weighted by molar-refractivity contribution is 0.480. The number of nitrogens with one attached hydrogen (secondary N) is 1. The van der Waals surface area contributed by atoms with Gasteiger partial charge in [-0.05, 0) is 31.4 Å². The monoisotopic (exact) mass is 269 g/mol. The molecular weight excluding hydrogens is 242 g/mol. The summed E-state index contributed by atoms with van der Waals surface area (Å²) in [5, 5.41) is 7.68. The van der Waals surface area contributed by atoms with Gasteiger partial charge in [0.15, 0.2) is 0 Å². The zero-order valence-corrected chi connectivity index (χ0v) is 12.9. The van der Waals surface area contributed by atoms with E-state index in [4.69, 9.17) is 0 Å². The highest BCUT2D eigenvalue weighted by atomic mass is 32.1. The molecule has 104 valence electrons. The van der Waals surface area contributed by atoms with Gasteiger partial charge in [0.25, 0.3) is 0 Å². The van der Waals surface area contributed by atoms with Gasteiger partial charge >= 0.3 is 0 Å². The third kappa shape index (κ3) is 5.44. The van der Waals surface area contributed by atoms with Crippen molar-refractivity contribution in [2.24, 2.45) is 0 Å². The molecule has 1 heterocycles. The van der Waals surface area contributed by atoms with Crippen LogP contribution in [-0.2, 0) is 0 Å². The second kappa shape index (κ2) is 9.45. The maximum Gasteiger partial charge on any atom is 0.0772 e. The Balaban J connectivity index is 2.29. The molecule has 0 aliphatic heterocycles. The molecular formula is C14H27N3S. The first-order chi connectivity index (χ1) is 8.79. The molecule has 1 aromatic rings. The van der Waals surface area contributed by atoms with Gasteiger partial charge in [0, 0.05) is 6.04 Å². The number of hydrogen-bond donors (Lipinski definition) is 1. The molecule has 1 aromatic heterocycles. The van der Waals surface area contributed by atoms with Gasteiger partial charge in [0.1, 0.15) is 0 Å². The Morgan fingerprint density at radius 3 is 2.44 bits per heavy atom. The van der Waals surface area contributed by atoms with E-state index in [1.54, 1.807) is 11.5 Å². The SMILES string of the molecule is CCCCCCCCC(NCC)c1snnc1C. The zero-order valence-electron chi connectivity index (χ0n) is 12.0. The molecule has 0 aromatic carbocycles. The Morgan fingerprint density at radius 1 is 1.11 bits per heavy atom. The van der Waals surface area contributed by atoms with E-state index in [0.717, 1.165) is 12.2 Å². The molecule has 0 bridgehead atoms. The second-order valence-corrected chi connectivity index (χ2v) is 5.68. The van der Waals surface area contributed by atoms with Crippen molar-refractivity contribution in [1.29, 1.82) is 0 Å². The van der Waals surface area contributed by atoms with Gasteiger partial charge in [-0.15, -0.1) is 5.10 Å². The smallest absolute Gasteiger partial charge is 0.0772 e. The minimum Gasteiger partial charge on any atom is -0.309 e. The highest BCUT2D eigenvalue weighted by Gasteiger charge is 2.15. The summed E-state index contributed by atoms with van der Waals surface area (Å²) in [6.07, 6.45) is 9.35. The van der Waals surface area contributed by atoms with E-state index < -0.39 is 0 Å². The van der Waals surface area contributed by atoms with Crippen LogP contribution in [0.2, 0.25) is 0 Å². The van der Waals surface area contributed by atoms with Crippen molar-refractivity contribution < 1.29 is 0 Å². The molecule has 0 fully saturated rings. The van der Waals surface area contributed by atoms with Crippen molar-refractivity contribution in [3.05, 3.63) is 10.6 Å². The van der Waals surface area contributed by atoms with Crippen LogP contribution in [0.5, 0.6) is 0 Å². The summed E-state index contributed by atoms with van der Waals surface area (Å²) in [5.41, 5.74) is 1.09. The first-order valence-corrected chi connectivity index (χ1v) is 8.09. The second-order valence-electron chi connectivity index (χ2n) is 4.89. The Hall–Kier alpha value is -0.480. The number of rotatable bonds is 10. The van der Waals surface area contributed by atoms with Crippen molar-refractivity contribution in [2.45, 2.75) is 71.8 Å². The molecule has 3 nitrogen and oxygen atoms in total. The van der Waals surface area contributed by atoms with Gasteiger partial charge < -0.3 is 5.32 Å². The molecule has 1 atom stereocenters. The minimum atomic E-state index is 0.459. The van der Waals surface area contributed by atoms with Crippen molar-refractivity contribution in [1.82, 2.24) is 14.9 Å². The van der Waals surface area contributed by atoms with Crippen LogP contribution in [0.25, 0.3) is 0 Å². The lowest BCUT2D eigenvalue weighted by Gasteiger charge is -2.16. The number of aryl methyl sites for hydroxylation is 1. The van der Waals surface area contributed by atoms with Crippen molar-refractivity contribution in [3.8, 4) is 0 Å². The Kier molecular flexibility index (Phi) is 8.18. The number of hydrogen-bond acceptors (Lipinski definition) is 4. The predicted molar refractivity (Wildman–Crippen MR) is 79.1 cm³/mol. The molecule has 18 heavy (non-hydrogen) atoms. The van der Waals surface area contributed by atoms with Gasteiger partial charge in [-0.1, -0.05) is 56.9 Å². The lowest BCUT2D eigenvalue weighted by atomic mass is 10.0. The molecule has 0 saturated heterocycles. The number of nitrogens with zero attached hydrogens (tertiary/aromatic N) is 2. The first kappa shape index (κ1) is 15.6. The first-order valence-electron chi connectivity index (χ1n) is 7.31. The van der Waals surface area contributed by atoms with E-state index >= 15 is 0 Å². The van der Waals surface area contributed by atoms with Crippen molar-refractivity contribution >= 4 is 11.5 Å². The molecule has 0 spiro atoms. The summed E-state index contributed by atoms with van der Waals surface area (Å²) in [6, 6.07) is 0.459. The van der Waals surface area contributed by atoms with Crippen LogP contribution in [0.3, 0.4) is 0 Å². The highest BCUT2D eigenvalue weighted by Crippen LogP contribution is 2.25. The third-order valence-corrected chi connectivity index (χ3v) is 4.24. The van der Waals surface area contributed by atoms with E-state index in [-0.39, 0.29) is 0 Å². The molecule has 1 N–H and O–H groups in total. The van der Waals surface area contributed by atoms with Crippen LogP contribution in [0, 0.1) is 6.92 Å². The Labute approximate surface area is 116 Å². The zero-order chi connectivity index (χ0) is 13.2. The van der Waals surface area contributed by atoms with Crippen LogP contribution < -0.4 is 5.32 Å². The summed E-state index contributed by atoms with van der Waals surface area (Å²) in [7, 11) is 0. The maximum atomic E-state index is 4.12. The van der Waals surface area contributed by atoms with Crippen LogP contribution >= 0.6 is 11.5 Å². The van der Waals surface area contributed by atoms with E-state index in [2.05, 4.69) is 35.7 Å². The maximum absolute atomic E-state index is 4.12. The van der Waals surface area contributed by atoms with Crippen LogP contribution in [0.4, 0.5) is 0 Å².